The van der Waals surface area contributed by atoms with E-state index in [4.69, 9.17) is 0 Å². The van der Waals surface area contributed by atoms with Gasteiger partial charge in [-0.2, -0.15) is 4.98 Å². The maximum Gasteiger partial charge on any atom is 0.313 e. The Morgan fingerprint density at radius 3 is 3.00 bits per heavy atom. The minimum atomic E-state index is -1.56. The minimum Gasteiger partial charge on any atom is -0.609 e. The summed E-state index contributed by atoms with van der Waals surface area (Å²) in [6.45, 7) is 1.88. The molecule has 20 heavy (non-hydrogen) atoms. The van der Waals surface area contributed by atoms with Gasteiger partial charge in [0.15, 0.2) is 11.5 Å². The number of ketones is 1. The van der Waals surface area contributed by atoms with Crippen molar-refractivity contribution in [2.75, 3.05) is 12.4 Å². The van der Waals surface area contributed by atoms with Gasteiger partial charge in [-0.25, -0.2) is 4.98 Å². The zero-order valence-corrected chi connectivity index (χ0v) is 12.3. The van der Waals surface area contributed by atoms with Crippen LogP contribution in [0.3, 0.4) is 0 Å². The highest BCUT2D eigenvalue weighted by Gasteiger charge is 2.23. The normalized spacial score (nSPS) is 12.3. The average Bonchev–Trinajstić information content (AvgIpc) is 2.82. The molecular weight excluding hydrogens is 300 g/mol. The van der Waals surface area contributed by atoms with E-state index in [2.05, 4.69) is 14.7 Å². The molecule has 0 aliphatic rings. The highest BCUT2D eigenvalue weighted by Crippen LogP contribution is 2.24. The van der Waals surface area contributed by atoms with Crippen LogP contribution in [0, 0.1) is 0 Å². The Bertz CT molecular complexity index is 596. The predicted octanol–water partition coefficient (Wildman–Crippen LogP) is 1.32. The van der Waals surface area contributed by atoms with Crippen LogP contribution in [0.25, 0.3) is 10.3 Å². The Morgan fingerprint density at radius 2 is 2.30 bits per heavy atom. The van der Waals surface area contributed by atoms with E-state index in [1.807, 2.05) is 0 Å². The lowest BCUT2D eigenvalue weighted by Gasteiger charge is -2.05. The smallest absolute Gasteiger partial charge is 0.313 e. The van der Waals surface area contributed by atoms with Crippen molar-refractivity contribution in [2.24, 2.45) is 0 Å². The molecule has 106 valence electrons. The Hall–Kier alpha value is -1.51. The van der Waals surface area contributed by atoms with Crippen LogP contribution in [-0.4, -0.2) is 38.6 Å². The molecule has 0 saturated heterocycles. The Labute approximate surface area is 122 Å². The number of carbonyl (C=O) groups is 2. The van der Waals surface area contributed by atoms with Crippen molar-refractivity contribution in [2.45, 2.75) is 17.7 Å². The maximum atomic E-state index is 12.0. The quantitative estimate of drug-likeness (QED) is 0.454. The van der Waals surface area contributed by atoms with Crippen molar-refractivity contribution in [3.63, 3.8) is 0 Å². The fourth-order valence-corrected chi connectivity index (χ4v) is 3.62. The van der Waals surface area contributed by atoms with Crippen molar-refractivity contribution in [3.8, 4) is 0 Å². The van der Waals surface area contributed by atoms with Gasteiger partial charge in [-0.05, 0) is 30.4 Å². The lowest BCUT2D eigenvalue weighted by Crippen LogP contribution is -2.20. The van der Waals surface area contributed by atoms with Gasteiger partial charge in [0.05, 0.1) is 6.61 Å². The first-order valence-corrected chi connectivity index (χ1v) is 8.01. The Balaban J connectivity index is 1.99. The van der Waals surface area contributed by atoms with Crippen molar-refractivity contribution >= 4 is 44.6 Å². The number of pyridine rings is 1. The molecule has 2 rings (SSSR count). The molecule has 0 N–H and O–H groups in total. The van der Waals surface area contributed by atoms with Crippen LogP contribution in [0.5, 0.6) is 0 Å². The largest absolute Gasteiger partial charge is 0.609 e. The monoisotopic (exact) mass is 312 g/mol. The van der Waals surface area contributed by atoms with Crippen molar-refractivity contribution in [1.29, 1.82) is 0 Å². The molecule has 2 aromatic heterocycles. The van der Waals surface area contributed by atoms with Crippen LogP contribution in [0.1, 0.15) is 13.3 Å². The average molecular weight is 312 g/mol. The van der Waals surface area contributed by atoms with Crippen LogP contribution >= 0.6 is 11.3 Å². The molecule has 8 heteroatoms. The van der Waals surface area contributed by atoms with Crippen LogP contribution in [0.15, 0.2) is 22.7 Å². The van der Waals surface area contributed by atoms with Crippen LogP contribution in [-0.2, 0) is 25.5 Å². The minimum absolute atomic E-state index is 0.221. The number of hydrogen-bond donors (Lipinski definition) is 0. The molecule has 1 atom stereocenters. The lowest BCUT2D eigenvalue weighted by molar-refractivity contribution is -0.145. The van der Waals surface area contributed by atoms with E-state index in [1.165, 1.54) is 11.3 Å². The highest BCUT2D eigenvalue weighted by molar-refractivity contribution is 7.94. The number of hydrogen-bond acceptors (Lipinski definition) is 7. The van der Waals surface area contributed by atoms with Gasteiger partial charge >= 0.3 is 10.3 Å². The Kier molecular flexibility index (Phi) is 5.05. The zero-order chi connectivity index (χ0) is 14.5. The molecule has 6 nitrogen and oxygen atoms in total. The van der Waals surface area contributed by atoms with E-state index in [-0.39, 0.29) is 18.8 Å². The topological polar surface area (TPSA) is 92.2 Å². The van der Waals surface area contributed by atoms with Gasteiger partial charge < -0.3 is 9.29 Å². The molecule has 0 radical (unpaired) electrons. The molecular formula is C12H12N2O4S2. The van der Waals surface area contributed by atoms with Gasteiger partial charge in [-0.15, -0.1) is 0 Å². The summed E-state index contributed by atoms with van der Waals surface area (Å²) in [6.07, 6.45) is 1.27. The third-order valence-corrected chi connectivity index (χ3v) is 4.93. The fourth-order valence-electron chi connectivity index (χ4n) is 1.48. The third-order valence-electron chi connectivity index (χ3n) is 2.28. The molecule has 0 saturated carbocycles. The predicted molar refractivity (Wildman–Crippen MR) is 74.9 cm³/mol. The van der Waals surface area contributed by atoms with E-state index in [9.17, 15) is 14.1 Å². The number of carbonyl (C=O) groups excluding carboxylic acids is 2. The molecule has 0 aliphatic carbocycles. The Morgan fingerprint density at radius 1 is 1.50 bits per heavy atom. The first-order chi connectivity index (χ1) is 9.60. The number of ether oxygens (including phenoxy) is 1. The summed E-state index contributed by atoms with van der Waals surface area (Å²) in [5.41, 5.74) is 0.652. The first-order valence-electron chi connectivity index (χ1n) is 5.87. The number of fused-ring (bicyclic) bond motifs is 1. The van der Waals surface area contributed by atoms with Crippen LogP contribution in [0.4, 0.5) is 0 Å². The fraction of sp³-hybridized carbons (Fsp3) is 0.333. The van der Waals surface area contributed by atoms with E-state index >= 15 is 0 Å². The molecule has 0 amide bonds. The summed E-state index contributed by atoms with van der Waals surface area (Å²) in [5, 5.41) is 0. The molecule has 0 bridgehead atoms. The number of rotatable bonds is 6. The molecule has 0 aromatic carbocycles. The number of aromatic nitrogens is 2. The van der Waals surface area contributed by atoms with Gasteiger partial charge in [-0.3, -0.25) is 9.59 Å². The SMILES string of the molecule is CCOC(=O)CC(=O)C[S+]([O-])c1nc2cccnc2s1. The van der Waals surface area contributed by atoms with E-state index in [0.29, 0.717) is 14.7 Å². The van der Waals surface area contributed by atoms with E-state index in [1.54, 1.807) is 25.3 Å². The summed E-state index contributed by atoms with van der Waals surface area (Å²) in [5.74, 6) is -1.26. The van der Waals surface area contributed by atoms with E-state index in [0.717, 1.165) is 0 Å². The molecule has 1 unspecified atom stereocenters. The molecule has 0 fully saturated rings. The highest BCUT2D eigenvalue weighted by atomic mass is 32.2. The van der Waals surface area contributed by atoms with Crippen molar-refractivity contribution in [1.82, 2.24) is 9.97 Å². The molecule has 0 spiro atoms. The first kappa shape index (κ1) is 14.9. The molecule has 2 aromatic rings. The third kappa shape index (κ3) is 3.75. The number of nitrogens with zero attached hydrogens (tertiary/aromatic N) is 2. The van der Waals surface area contributed by atoms with Crippen molar-refractivity contribution < 1.29 is 18.9 Å². The zero-order valence-electron chi connectivity index (χ0n) is 10.7. The van der Waals surface area contributed by atoms with Crippen molar-refractivity contribution in [3.05, 3.63) is 18.3 Å². The van der Waals surface area contributed by atoms with Gasteiger partial charge in [0, 0.05) is 17.4 Å². The summed E-state index contributed by atoms with van der Waals surface area (Å²) in [7, 11) is 0. The summed E-state index contributed by atoms with van der Waals surface area (Å²) < 4.78 is 17.0. The second-order valence-corrected chi connectivity index (χ2v) is 6.42. The summed E-state index contributed by atoms with van der Waals surface area (Å²) in [6, 6.07) is 3.50. The van der Waals surface area contributed by atoms with Crippen LogP contribution < -0.4 is 0 Å². The van der Waals surface area contributed by atoms with Gasteiger partial charge in [0.2, 0.25) is 0 Å². The summed E-state index contributed by atoms with van der Waals surface area (Å²) in [4.78, 5) is 31.7. The molecule has 0 aliphatic heterocycles. The standard InChI is InChI=1S/C12H12N2O4S2/c1-2-18-10(16)6-8(15)7-20(17)12-14-9-4-3-5-13-11(9)19-12/h3-5H,2,6-7H2,1H3. The molecule has 2 heterocycles. The van der Waals surface area contributed by atoms with Crippen LogP contribution in [0.2, 0.25) is 0 Å². The maximum absolute atomic E-state index is 12.0. The number of esters is 1. The number of Topliss-reactive ketones (excluding diaryl/α,β-unsaturated/α-hetero) is 1. The second-order valence-electron chi connectivity index (χ2n) is 3.82. The van der Waals surface area contributed by atoms with E-state index < -0.39 is 22.9 Å². The summed E-state index contributed by atoms with van der Waals surface area (Å²) >= 11 is -0.371. The second kappa shape index (κ2) is 6.78. The van der Waals surface area contributed by atoms with Gasteiger partial charge in [-0.1, -0.05) is 0 Å². The van der Waals surface area contributed by atoms with Gasteiger partial charge in [0.25, 0.3) is 0 Å². The van der Waals surface area contributed by atoms with Gasteiger partial charge in [0.1, 0.15) is 16.8 Å². The number of thiazole rings is 1. The lowest BCUT2D eigenvalue weighted by atomic mass is 10.3.